The van der Waals surface area contributed by atoms with Crippen molar-refractivity contribution in [2.75, 3.05) is 7.11 Å². The van der Waals surface area contributed by atoms with E-state index in [0.29, 0.717) is 6.54 Å². The summed E-state index contributed by atoms with van der Waals surface area (Å²) in [5.74, 6) is 0.868. The second-order valence-corrected chi connectivity index (χ2v) is 7.51. The third-order valence-electron chi connectivity index (χ3n) is 5.62. The first-order valence-corrected chi connectivity index (χ1v) is 10.6. The highest BCUT2D eigenvalue weighted by atomic mass is 16.5. The Labute approximate surface area is 183 Å². The number of hydrogen-bond donors (Lipinski definition) is 2. The van der Waals surface area contributed by atoms with E-state index in [2.05, 4.69) is 84.7 Å². The zero-order chi connectivity index (χ0) is 21.6. The number of aromatic amines is 1. The molecule has 5 rings (SSSR count). The van der Waals surface area contributed by atoms with Crippen molar-refractivity contribution in [1.82, 2.24) is 4.98 Å². The SMILES string of the molecule is CCc1cccc2ccccc12.COc1ccc(CN)cc1-c1ccc2[nH]ccc2c1. The van der Waals surface area contributed by atoms with Crippen LogP contribution in [0.4, 0.5) is 0 Å². The molecule has 1 heterocycles. The molecule has 31 heavy (non-hydrogen) atoms. The van der Waals surface area contributed by atoms with E-state index >= 15 is 0 Å². The lowest BCUT2D eigenvalue weighted by Gasteiger charge is -2.10. The third-order valence-corrected chi connectivity index (χ3v) is 5.62. The van der Waals surface area contributed by atoms with Crippen LogP contribution in [0, 0.1) is 0 Å². The van der Waals surface area contributed by atoms with Crippen LogP contribution < -0.4 is 10.5 Å². The summed E-state index contributed by atoms with van der Waals surface area (Å²) in [5, 5.41) is 3.93. The van der Waals surface area contributed by atoms with E-state index in [9.17, 15) is 0 Å². The van der Waals surface area contributed by atoms with Gasteiger partial charge < -0.3 is 15.5 Å². The Hall–Kier alpha value is -3.56. The summed E-state index contributed by atoms with van der Waals surface area (Å²) in [6.45, 7) is 2.73. The first kappa shape index (κ1) is 20.7. The van der Waals surface area contributed by atoms with Crippen LogP contribution in [0.3, 0.4) is 0 Å². The van der Waals surface area contributed by atoms with E-state index in [1.54, 1.807) is 7.11 Å². The second kappa shape index (κ2) is 9.50. The van der Waals surface area contributed by atoms with Gasteiger partial charge in [0.05, 0.1) is 7.11 Å². The van der Waals surface area contributed by atoms with Crippen LogP contribution in [0.15, 0.2) is 91.1 Å². The van der Waals surface area contributed by atoms with Crippen molar-refractivity contribution in [3.05, 3.63) is 102 Å². The fraction of sp³-hybridized carbons (Fsp3) is 0.143. The van der Waals surface area contributed by atoms with Crippen molar-refractivity contribution < 1.29 is 4.74 Å². The third kappa shape index (κ3) is 4.47. The summed E-state index contributed by atoms with van der Waals surface area (Å²) in [5.41, 5.74) is 11.6. The van der Waals surface area contributed by atoms with Gasteiger partial charge in [0.2, 0.25) is 0 Å². The quantitative estimate of drug-likeness (QED) is 0.347. The van der Waals surface area contributed by atoms with Crippen LogP contribution in [0.5, 0.6) is 5.75 Å². The smallest absolute Gasteiger partial charge is 0.126 e. The summed E-state index contributed by atoms with van der Waals surface area (Å²) in [6, 6.07) is 29.5. The van der Waals surface area contributed by atoms with E-state index in [1.165, 1.54) is 21.7 Å². The van der Waals surface area contributed by atoms with Gasteiger partial charge in [-0.25, -0.2) is 0 Å². The van der Waals surface area contributed by atoms with Gasteiger partial charge in [-0.05, 0) is 69.6 Å². The lowest BCUT2D eigenvalue weighted by molar-refractivity contribution is 0.416. The number of nitrogens with one attached hydrogen (secondary N) is 1. The maximum Gasteiger partial charge on any atom is 0.126 e. The molecule has 0 fully saturated rings. The molecule has 0 saturated heterocycles. The van der Waals surface area contributed by atoms with Gasteiger partial charge in [-0.1, -0.05) is 61.5 Å². The molecule has 0 unspecified atom stereocenters. The first-order valence-electron chi connectivity index (χ1n) is 10.6. The van der Waals surface area contributed by atoms with Crippen LogP contribution in [0.25, 0.3) is 32.8 Å². The predicted molar refractivity (Wildman–Crippen MR) is 132 cm³/mol. The average molecular weight is 409 g/mol. The Morgan fingerprint density at radius 1 is 0.839 bits per heavy atom. The molecule has 4 aromatic carbocycles. The van der Waals surface area contributed by atoms with Crippen LogP contribution >= 0.6 is 0 Å². The summed E-state index contributed by atoms with van der Waals surface area (Å²) in [4.78, 5) is 3.20. The van der Waals surface area contributed by atoms with Gasteiger partial charge in [-0.3, -0.25) is 0 Å². The predicted octanol–water partition coefficient (Wildman–Crippen LogP) is 6.70. The van der Waals surface area contributed by atoms with Gasteiger partial charge in [0.25, 0.3) is 0 Å². The molecule has 0 amide bonds. The Morgan fingerprint density at radius 2 is 1.68 bits per heavy atom. The minimum Gasteiger partial charge on any atom is -0.496 e. The van der Waals surface area contributed by atoms with Crippen molar-refractivity contribution in [2.24, 2.45) is 5.73 Å². The Morgan fingerprint density at radius 3 is 2.48 bits per heavy atom. The van der Waals surface area contributed by atoms with Gasteiger partial charge >= 0.3 is 0 Å². The van der Waals surface area contributed by atoms with E-state index in [4.69, 9.17) is 10.5 Å². The number of ether oxygens (including phenoxy) is 1. The molecule has 0 bridgehead atoms. The molecular formula is C28H28N2O. The van der Waals surface area contributed by atoms with Gasteiger partial charge in [-0.15, -0.1) is 0 Å². The van der Waals surface area contributed by atoms with Crippen LogP contribution in [0.2, 0.25) is 0 Å². The Kier molecular flexibility index (Phi) is 6.34. The van der Waals surface area contributed by atoms with E-state index in [1.807, 2.05) is 18.3 Å². The summed E-state index contributed by atoms with van der Waals surface area (Å²) >= 11 is 0. The zero-order valence-electron chi connectivity index (χ0n) is 18.1. The molecule has 0 aliphatic carbocycles. The average Bonchev–Trinajstić information content (AvgIpc) is 3.31. The lowest BCUT2D eigenvalue weighted by atomic mass is 10.0. The molecule has 156 valence electrons. The van der Waals surface area contributed by atoms with Crippen molar-refractivity contribution in [1.29, 1.82) is 0 Å². The Balaban J connectivity index is 0.000000166. The van der Waals surface area contributed by atoms with E-state index in [-0.39, 0.29) is 0 Å². The molecule has 3 nitrogen and oxygen atoms in total. The number of rotatable bonds is 4. The monoisotopic (exact) mass is 408 g/mol. The first-order chi connectivity index (χ1) is 15.2. The molecule has 0 atom stereocenters. The number of nitrogens with two attached hydrogens (primary N) is 1. The van der Waals surface area contributed by atoms with Crippen molar-refractivity contribution in [2.45, 2.75) is 19.9 Å². The lowest BCUT2D eigenvalue weighted by Crippen LogP contribution is -1.97. The Bertz CT molecular complexity index is 1300. The number of methoxy groups -OCH3 is 1. The maximum absolute atomic E-state index is 5.72. The number of H-pyrrole nitrogens is 1. The van der Waals surface area contributed by atoms with E-state index < -0.39 is 0 Å². The largest absolute Gasteiger partial charge is 0.496 e. The number of aromatic nitrogens is 1. The normalized spacial score (nSPS) is 10.7. The summed E-state index contributed by atoms with van der Waals surface area (Å²) in [7, 11) is 1.69. The molecule has 0 spiro atoms. The zero-order valence-corrected chi connectivity index (χ0v) is 18.1. The number of aryl methyl sites for hydroxylation is 1. The summed E-state index contributed by atoms with van der Waals surface area (Å²) < 4.78 is 5.44. The standard InChI is InChI=1S/C16H16N2O.C12H12/c1-19-16-5-2-11(10-17)8-14(16)12-3-4-15-13(9-12)6-7-18-15;1-2-10-7-5-8-11-6-3-4-9-12(10)11/h2-9,18H,10,17H2,1H3;3-9H,2H2,1H3. The van der Waals surface area contributed by atoms with Crippen LogP contribution in [-0.2, 0) is 13.0 Å². The topological polar surface area (TPSA) is 51.0 Å². The molecule has 5 aromatic rings. The van der Waals surface area contributed by atoms with Crippen LogP contribution in [-0.4, -0.2) is 12.1 Å². The highest BCUT2D eigenvalue weighted by Gasteiger charge is 2.08. The highest BCUT2D eigenvalue weighted by molar-refractivity contribution is 5.87. The maximum atomic E-state index is 5.72. The second-order valence-electron chi connectivity index (χ2n) is 7.51. The van der Waals surface area contributed by atoms with Gasteiger partial charge in [0.1, 0.15) is 5.75 Å². The molecule has 0 aliphatic heterocycles. The van der Waals surface area contributed by atoms with Gasteiger partial charge in [0.15, 0.2) is 0 Å². The molecule has 3 N–H and O–H groups in total. The highest BCUT2D eigenvalue weighted by Crippen LogP contribution is 2.32. The molecule has 1 aromatic heterocycles. The molecule has 3 heteroatoms. The fourth-order valence-corrected chi connectivity index (χ4v) is 3.93. The van der Waals surface area contributed by atoms with Gasteiger partial charge in [0, 0.05) is 23.8 Å². The molecular weight excluding hydrogens is 380 g/mol. The minimum atomic E-state index is 0.531. The summed E-state index contributed by atoms with van der Waals surface area (Å²) in [6.07, 6.45) is 3.06. The molecule has 0 saturated carbocycles. The van der Waals surface area contributed by atoms with Crippen LogP contribution in [0.1, 0.15) is 18.1 Å². The van der Waals surface area contributed by atoms with Crippen molar-refractivity contribution in [3.8, 4) is 16.9 Å². The number of hydrogen-bond acceptors (Lipinski definition) is 2. The number of benzene rings is 4. The fourth-order valence-electron chi connectivity index (χ4n) is 3.93. The van der Waals surface area contributed by atoms with Gasteiger partial charge in [-0.2, -0.15) is 0 Å². The van der Waals surface area contributed by atoms with Crippen molar-refractivity contribution >= 4 is 21.7 Å². The molecule has 0 aliphatic rings. The minimum absolute atomic E-state index is 0.531. The van der Waals surface area contributed by atoms with E-state index in [0.717, 1.165) is 34.4 Å². The number of fused-ring (bicyclic) bond motifs is 2. The van der Waals surface area contributed by atoms with Crippen molar-refractivity contribution in [3.63, 3.8) is 0 Å². The molecule has 0 radical (unpaired) electrons.